The van der Waals surface area contributed by atoms with Crippen molar-refractivity contribution in [3.63, 3.8) is 0 Å². The minimum atomic E-state index is -0.489. The molecule has 27 heavy (non-hydrogen) atoms. The first-order chi connectivity index (χ1) is 12.9. The summed E-state index contributed by atoms with van der Waals surface area (Å²) in [6.45, 7) is 6.64. The number of carbonyl (C=O) groups is 2. The van der Waals surface area contributed by atoms with E-state index < -0.39 is 5.60 Å². The number of aromatic nitrogens is 2. The molecule has 1 aromatic rings. The summed E-state index contributed by atoms with van der Waals surface area (Å²) in [4.78, 5) is 39.9. The lowest BCUT2D eigenvalue weighted by atomic mass is 9.90. The van der Waals surface area contributed by atoms with Gasteiger partial charge in [-0.2, -0.15) is 5.10 Å². The number of hydrogen-bond acceptors (Lipinski definition) is 5. The topological polar surface area (TPSA) is 84.7 Å². The van der Waals surface area contributed by atoms with Gasteiger partial charge in [-0.1, -0.05) is 26.7 Å². The molecular weight excluding hydrogens is 348 g/mol. The molecule has 8 nitrogen and oxygen atoms in total. The summed E-state index contributed by atoms with van der Waals surface area (Å²) < 4.78 is 6.91. The molecule has 148 valence electrons. The zero-order chi connectivity index (χ0) is 19.6. The van der Waals surface area contributed by atoms with Crippen molar-refractivity contribution in [1.82, 2.24) is 19.6 Å². The van der Waals surface area contributed by atoms with Gasteiger partial charge in [0.2, 0.25) is 0 Å². The zero-order valence-corrected chi connectivity index (χ0v) is 16.3. The molecule has 0 aromatic carbocycles. The van der Waals surface area contributed by atoms with E-state index >= 15 is 0 Å². The summed E-state index contributed by atoms with van der Waals surface area (Å²) in [5, 5.41) is 4.03. The number of piperidine rings is 1. The van der Waals surface area contributed by atoms with Gasteiger partial charge in [0.1, 0.15) is 11.3 Å². The molecule has 0 radical (unpaired) electrons. The van der Waals surface area contributed by atoms with E-state index in [1.165, 1.54) is 19.2 Å². The molecule has 1 spiro atoms. The van der Waals surface area contributed by atoms with Crippen molar-refractivity contribution in [3.05, 3.63) is 28.2 Å². The Morgan fingerprint density at radius 2 is 1.89 bits per heavy atom. The first kappa shape index (κ1) is 19.4. The normalized spacial score (nSPS) is 19.0. The van der Waals surface area contributed by atoms with Crippen molar-refractivity contribution in [3.8, 4) is 0 Å². The van der Waals surface area contributed by atoms with Crippen LogP contribution in [0, 0.1) is 5.92 Å². The fourth-order valence-electron chi connectivity index (χ4n) is 3.85. The summed E-state index contributed by atoms with van der Waals surface area (Å²) in [6.07, 6.45) is 3.09. The summed E-state index contributed by atoms with van der Waals surface area (Å²) in [5.74, 6) is 0.295. The summed E-state index contributed by atoms with van der Waals surface area (Å²) in [6, 6.07) is 2.81. The van der Waals surface area contributed by atoms with E-state index in [2.05, 4.69) is 18.9 Å². The van der Waals surface area contributed by atoms with Crippen LogP contribution in [-0.4, -0.2) is 63.4 Å². The zero-order valence-electron chi connectivity index (χ0n) is 16.3. The molecule has 2 saturated heterocycles. The molecule has 3 rings (SSSR count). The third-order valence-electron chi connectivity index (χ3n) is 5.82. The van der Waals surface area contributed by atoms with Crippen molar-refractivity contribution in [2.45, 2.75) is 45.1 Å². The monoisotopic (exact) mass is 376 g/mol. The number of ether oxygens (including phenoxy) is 1. The lowest BCUT2D eigenvalue weighted by Gasteiger charge is -2.37. The maximum atomic E-state index is 12.6. The Kier molecular flexibility index (Phi) is 5.53. The van der Waals surface area contributed by atoms with E-state index in [-0.39, 0.29) is 23.3 Å². The van der Waals surface area contributed by atoms with Crippen molar-refractivity contribution in [2.75, 3.05) is 26.2 Å². The van der Waals surface area contributed by atoms with Gasteiger partial charge in [-0.25, -0.2) is 9.48 Å². The van der Waals surface area contributed by atoms with Crippen LogP contribution in [0.25, 0.3) is 0 Å². The Balaban J connectivity index is 1.61. The van der Waals surface area contributed by atoms with Gasteiger partial charge in [-0.05, 0) is 12.0 Å². The number of amides is 2. The molecule has 3 heterocycles. The molecule has 0 N–H and O–H groups in total. The molecule has 0 aliphatic carbocycles. The van der Waals surface area contributed by atoms with Crippen LogP contribution in [0.1, 0.15) is 50.0 Å². The van der Waals surface area contributed by atoms with Gasteiger partial charge < -0.3 is 14.5 Å². The highest BCUT2D eigenvalue weighted by Gasteiger charge is 2.47. The largest absolute Gasteiger partial charge is 0.441 e. The molecule has 2 aliphatic rings. The molecule has 2 aliphatic heterocycles. The van der Waals surface area contributed by atoms with Gasteiger partial charge in [-0.15, -0.1) is 0 Å². The lowest BCUT2D eigenvalue weighted by Crippen LogP contribution is -2.49. The number of likely N-dealkylation sites (tertiary alicyclic amines) is 1. The van der Waals surface area contributed by atoms with Gasteiger partial charge in [0, 0.05) is 45.6 Å². The standard InChI is InChI=1S/C19H28N4O4/c1-4-14(5-2)12-23-13-19(27-18(23)26)8-10-22(11-9-19)17(25)15-6-7-16(24)21(3)20-15/h6-7,14H,4-5,8-13H2,1-3H3. The highest BCUT2D eigenvalue weighted by Crippen LogP contribution is 2.34. The van der Waals surface area contributed by atoms with Crippen LogP contribution in [0.15, 0.2) is 16.9 Å². The fourth-order valence-corrected chi connectivity index (χ4v) is 3.85. The summed E-state index contributed by atoms with van der Waals surface area (Å²) in [7, 11) is 1.52. The van der Waals surface area contributed by atoms with Crippen LogP contribution in [0.4, 0.5) is 4.79 Å². The number of carbonyl (C=O) groups excluding carboxylic acids is 2. The van der Waals surface area contributed by atoms with Gasteiger partial charge in [0.05, 0.1) is 6.54 Å². The predicted molar refractivity (Wildman–Crippen MR) is 99.5 cm³/mol. The Hall–Kier alpha value is -2.38. The molecule has 0 bridgehead atoms. The second-order valence-corrected chi connectivity index (χ2v) is 7.59. The van der Waals surface area contributed by atoms with Crippen LogP contribution < -0.4 is 5.56 Å². The van der Waals surface area contributed by atoms with Crippen molar-refractivity contribution in [1.29, 1.82) is 0 Å². The van der Waals surface area contributed by atoms with Crippen LogP contribution in [0.3, 0.4) is 0 Å². The third kappa shape index (κ3) is 3.99. The van der Waals surface area contributed by atoms with E-state index in [9.17, 15) is 14.4 Å². The first-order valence-corrected chi connectivity index (χ1v) is 9.69. The highest BCUT2D eigenvalue weighted by molar-refractivity contribution is 5.92. The fraction of sp³-hybridized carbons (Fsp3) is 0.684. The lowest BCUT2D eigenvalue weighted by molar-refractivity contribution is 0.00288. The van der Waals surface area contributed by atoms with Crippen LogP contribution >= 0.6 is 0 Å². The molecule has 0 atom stereocenters. The second-order valence-electron chi connectivity index (χ2n) is 7.59. The number of rotatable bonds is 5. The molecular formula is C19H28N4O4. The van der Waals surface area contributed by atoms with E-state index in [4.69, 9.17) is 4.74 Å². The molecule has 0 unspecified atom stereocenters. The Morgan fingerprint density at radius 1 is 1.22 bits per heavy atom. The van der Waals surface area contributed by atoms with E-state index in [1.54, 1.807) is 4.90 Å². The van der Waals surface area contributed by atoms with E-state index in [1.807, 2.05) is 4.90 Å². The van der Waals surface area contributed by atoms with Crippen molar-refractivity contribution >= 4 is 12.0 Å². The Morgan fingerprint density at radius 3 is 2.48 bits per heavy atom. The first-order valence-electron chi connectivity index (χ1n) is 9.69. The Bertz CT molecular complexity index is 763. The molecule has 8 heteroatoms. The molecule has 2 amide bonds. The van der Waals surface area contributed by atoms with Gasteiger partial charge >= 0.3 is 6.09 Å². The van der Waals surface area contributed by atoms with Crippen molar-refractivity contribution < 1.29 is 14.3 Å². The smallest absolute Gasteiger partial charge is 0.410 e. The predicted octanol–water partition coefficient (Wildman–Crippen LogP) is 1.64. The maximum absolute atomic E-state index is 12.6. The molecule has 1 aromatic heterocycles. The summed E-state index contributed by atoms with van der Waals surface area (Å²) in [5.41, 5.74) is -0.483. The third-order valence-corrected chi connectivity index (χ3v) is 5.82. The SMILES string of the molecule is CCC(CC)CN1CC2(CCN(C(=O)c3ccc(=O)n(C)n3)CC2)OC1=O. The Labute approximate surface area is 159 Å². The number of hydrogen-bond donors (Lipinski definition) is 0. The van der Waals surface area contributed by atoms with Gasteiger partial charge in [0.25, 0.3) is 11.5 Å². The van der Waals surface area contributed by atoms with Crippen molar-refractivity contribution in [2.24, 2.45) is 13.0 Å². The average molecular weight is 376 g/mol. The average Bonchev–Trinajstić information content (AvgIpc) is 2.96. The molecule has 0 saturated carbocycles. The summed E-state index contributed by atoms with van der Waals surface area (Å²) >= 11 is 0. The van der Waals surface area contributed by atoms with Gasteiger partial charge in [-0.3, -0.25) is 9.59 Å². The second kappa shape index (κ2) is 7.70. The van der Waals surface area contributed by atoms with Crippen LogP contribution in [0.2, 0.25) is 0 Å². The molecule has 2 fully saturated rings. The number of aryl methyl sites for hydroxylation is 1. The highest BCUT2D eigenvalue weighted by atomic mass is 16.6. The minimum Gasteiger partial charge on any atom is -0.441 e. The number of nitrogens with zero attached hydrogens (tertiary/aromatic N) is 4. The van der Waals surface area contributed by atoms with E-state index in [0.29, 0.717) is 38.4 Å². The van der Waals surface area contributed by atoms with Crippen LogP contribution in [0.5, 0.6) is 0 Å². The van der Waals surface area contributed by atoms with Crippen LogP contribution in [-0.2, 0) is 11.8 Å². The van der Waals surface area contributed by atoms with Gasteiger partial charge in [0.15, 0.2) is 0 Å². The van der Waals surface area contributed by atoms with E-state index in [0.717, 1.165) is 24.1 Å². The minimum absolute atomic E-state index is 0.196. The maximum Gasteiger partial charge on any atom is 0.410 e. The quantitative estimate of drug-likeness (QED) is 0.780.